The second-order valence-electron chi connectivity index (χ2n) is 3.89. The van der Waals surface area contributed by atoms with Gasteiger partial charge >= 0.3 is 5.97 Å². The zero-order valence-electron chi connectivity index (χ0n) is 8.65. The minimum Gasteiger partial charge on any atom is -0.481 e. The topological polar surface area (TPSA) is 68.0 Å². The van der Waals surface area contributed by atoms with Gasteiger partial charge in [-0.2, -0.15) is 0 Å². The van der Waals surface area contributed by atoms with E-state index in [9.17, 15) is 4.79 Å². The Balaban J connectivity index is 1.81. The maximum atomic E-state index is 10.3. The van der Waals surface area contributed by atoms with E-state index >= 15 is 0 Å². The molecule has 2 rings (SSSR count). The van der Waals surface area contributed by atoms with Crippen LogP contribution in [0.2, 0.25) is 0 Å². The molecule has 5 heteroatoms. The van der Waals surface area contributed by atoms with E-state index in [1.54, 1.807) is 0 Å². The van der Waals surface area contributed by atoms with E-state index in [1.807, 2.05) is 0 Å². The highest BCUT2D eigenvalue weighted by Crippen LogP contribution is 2.15. The second-order valence-corrected chi connectivity index (χ2v) is 3.89. The predicted octanol–water partition coefficient (Wildman–Crippen LogP) is 1.02. The van der Waals surface area contributed by atoms with Crippen molar-refractivity contribution < 1.29 is 9.90 Å². The van der Waals surface area contributed by atoms with E-state index in [4.69, 9.17) is 5.11 Å². The molecule has 1 aliphatic heterocycles. The molecule has 0 saturated heterocycles. The summed E-state index contributed by atoms with van der Waals surface area (Å²) in [6, 6.07) is 0. The molecular weight excluding hydrogens is 194 g/mol. The minimum atomic E-state index is -0.721. The molecule has 0 unspecified atom stereocenters. The summed E-state index contributed by atoms with van der Waals surface area (Å²) >= 11 is 0. The van der Waals surface area contributed by atoms with Crippen molar-refractivity contribution in [1.82, 2.24) is 14.8 Å². The first-order valence-electron chi connectivity index (χ1n) is 5.40. The Morgan fingerprint density at radius 3 is 3.07 bits per heavy atom. The lowest BCUT2D eigenvalue weighted by molar-refractivity contribution is -0.137. The van der Waals surface area contributed by atoms with Gasteiger partial charge in [-0.15, -0.1) is 10.2 Å². The first-order valence-corrected chi connectivity index (χ1v) is 5.40. The van der Waals surface area contributed by atoms with Gasteiger partial charge in [-0.1, -0.05) is 0 Å². The first-order chi connectivity index (χ1) is 7.27. The van der Waals surface area contributed by atoms with Crippen LogP contribution in [0.15, 0.2) is 0 Å². The number of nitrogens with zero attached hydrogens (tertiary/aromatic N) is 3. The SMILES string of the molecule is O=C(O)CCCCc1nnc2n1CCC2. The van der Waals surface area contributed by atoms with Gasteiger partial charge in [0, 0.05) is 25.8 Å². The summed E-state index contributed by atoms with van der Waals surface area (Å²) in [6.45, 7) is 1.02. The Morgan fingerprint density at radius 1 is 1.40 bits per heavy atom. The van der Waals surface area contributed by atoms with E-state index in [1.165, 1.54) is 0 Å². The lowest BCUT2D eigenvalue weighted by atomic mass is 10.2. The molecule has 0 fully saturated rings. The molecule has 0 spiro atoms. The smallest absolute Gasteiger partial charge is 0.303 e. The number of carbonyl (C=O) groups is 1. The number of fused-ring (bicyclic) bond motifs is 1. The number of carboxylic acid groups (broad SMARTS) is 1. The van der Waals surface area contributed by atoms with Gasteiger partial charge in [0.25, 0.3) is 0 Å². The number of aryl methyl sites for hydroxylation is 2. The molecule has 1 aromatic rings. The molecule has 0 amide bonds. The minimum absolute atomic E-state index is 0.251. The van der Waals surface area contributed by atoms with Crippen LogP contribution < -0.4 is 0 Å². The van der Waals surface area contributed by atoms with Gasteiger partial charge in [-0.05, 0) is 19.3 Å². The molecule has 15 heavy (non-hydrogen) atoms. The third-order valence-corrected chi connectivity index (χ3v) is 2.73. The zero-order valence-corrected chi connectivity index (χ0v) is 8.65. The molecule has 0 saturated carbocycles. The third-order valence-electron chi connectivity index (χ3n) is 2.73. The van der Waals surface area contributed by atoms with Crippen LogP contribution in [0.25, 0.3) is 0 Å². The highest BCUT2D eigenvalue weighted by atomic mass is 16.4. The number of unbranched alkanes of at least 4 members (excludes halogenated alkanes) is 1. The number of aliphatic carboxylic acids is 1. The van der Waals surface area contributed by atoms with Crippen LogP contribution in [-0.4, -0.2) is 25.8 Å². The Kier molecular flexibility index (Phi) is 2.99. The molecule has 0 aromatic carbocycles. The Hall–Kier alpha value is -1.39. The zero-order chi connectivity index (χ0) is 10.7. The van der Waals surface area contributed by atoms with Crippen LogP contribution >= 0.6 is 0 Å². The maximum Gasteiger partial charge on any atom is 0.303 e. The van der Waals surface area contributed by atoms with Crippen molar-refractivity contribution in [2.75, 3.05) is 0 Å². The van der Waals surface area contributed by atoms with E-state index in [0.717, 1.165) is 50.3 Å². The number of hydrogen-bond donors (Lipinski definition) is 1. The Bertz CT molecular complexity index is 360. The monoisotopic (exact) mass is 209 g/mol. The van der Waals surface area contributed by atoms with Gasteiger partial charge in [-0.25, -0.2) is 0 Å². The van der Waals surface area contributed by atoms with Gasteiger partial charge in [-0.3, -0.25) is 4.79 Å². The quantitative estimate of drug-likeness (QED) is 0.735. The van der Waals surface area contributed by atoms with Crippen molar-refractivity contribution in [3.05, 3.63) is 11.6 Å². The Labute approximate surface area is 88.1 Å². The van der Waals surface area contributed by atoms with Crippen LogP contribution in [0, 0.1) is 0 Å². The van der Waals surface area contributed by atoms with Crippen molar-refractivity contribution in [2.24, 2.45) is 0 Å². The molecule has 1 aliphatic rings. The molecule has 0 atom stereocenters. The standard InChI is InChI=1S/C10H15N3O2/c14-10(15)6-2-1-4-8-11-12-9-5-3-7-13(8)9/h1-7H2,(H,14,15). The summed E-state index contributed by atoms with van der Waals surface area (Å²) in [4.78, 5) is 10.3. The van der Waals surface area contributed by atoms with Gasteiger partial charge < -0.3 is 9.67 Å². The normalized spacial score (nSPS) is 14.1. The summed E-state index contributed by atoms with van der Waals surface area (Å²) in [5, 5.41) is 16.7. The molecule has 1 N–H and O–H groups in total. The molecule has 5 nitrogen and oxygen atoms in total. The number of carboxylic acids is 1. The summed E-state index contributed by atoms with van der Waals surface area (Å²) in [6.07, 6.45) is 4.89. The van der Waals surface area contributed by atoms with E-state index in [2.05, 4.69) is 14.8 Å². The molecule has 2 heterocycles. The molecule has 0 radical (unpaired) electrons. The van der Waals surface area contributed by atoms with Crippen LogP contribution in [0.3, 0.4) is 0 Å². The van der Waals surface area contributed by atoms with Crippen molar-refractivity contribution in [3.8, 4) is 0 Å². The van der Waals surface area contributed by atoms with E-state index in [-0.39, 0.29) is 6.42 Å². The fraction of sp³-hybridized carbons (Fsp3) is 0.700. The predicted molar refractivity (Wildman–Crippen MR) is 53.5 cm³/mol. The van der Waals surface area contributed by atoms with E-state index in [0.29, 0.717) is 0 Å². The average Bonchev–Trinajstić information content (AvgIpc) is 2.74. The fourth-order valence-corrected chi connectivity index (χ4v) is 1.96. The van der Waals surface area contributed by atoms with E-state index < -0.39 is 5.97 Å². The molecule has 1 aromatic heterocycles. The van der Waals surface area contributed by atoms with Crippen LogP contribution in [0.1, 0.15) is 37.3 Å². The number of hydrogen-bond acceptors (Lipinski definition) is 3. The van der Waals surface area contributed by atoms with Gasteiger partial charge in [0.15, 0.2) is 0 Å². The van der Waals surface area contributed by atoms with Gasteiger partial charge in [0.2, 0.25) is 0 Å². The van der Waals surface area contributed by atoms with Crippen molar-refractivity contribution in [1.29, 1.82) is 0 Å². The summed E-state index contributed by atoms with van der Waals surface area (Å²) < 4.78 is 2.17. The molecule has 0 aliphatic carbocycles. The lowest BCUT2D eigenvalue weighted by Crippen LogP contribution is -2.02. The van der Waals surface area contributed by atoms with Crippen LogP contribution in [0.5, 0.6) is 0 Å². The first kappa shape index (κ1) is 10.1. The summed E-state index contributed by atoms with van der Waals surface area (Å²) in [5.41, 5.74) is 0. The number of rotatable bonds is 5. The average molecular weight is 209 g/mol. The van der Waals surface area contributed by atoms with Gasteiger partial charge in [0.05, 0.1) is 0 Å². The lowest BCUT2D eigenvalue weighted by Gasteiger charge is -2.01. The maximum absolute atomic E-state index is 10.3. The van der Waals surface area contributed by atoms with Crippen LogP contribution in [0.4, 0.5) is 0 Å². The Morgan fingerprint density at radius 2 is 2.27 bits per heavy atom. The summed E-state index contributed by atoms with van der Waals surface area (Å²) in [5.74, 6) is 1.39. The highest BCUT2D eigenvalue weighted by Gasteiger charge is 2.16. The fourth-order valence-electron chi connectivity index (χ4n) is 1.96. The van der Waals surface area contributed by atoms with Crippen molar-refractivity contribution in [3.63, 3.8) is 0 Å². The van der Waals surface area contributed by atoms with Crippen molar-refractivity contribution >= 4 is 5.97 Å². The molecular formula is C10H15N3O2. The highest BCUT2D eigenvalue weighted by molar-refractivity contribution is 5.66. The van der Waals surface area contributed by atoms with Crippen LogP contribution in [-0.2, 0) is 24.2 Å². The second kappa shape index (κ2) is 4.42. The largest absolute Gasteiger partial charge is 0.481 e. The molecule has 82 valence electrons. The molecule has 0 bridgehead atoms. The van der Waals surface area contributed by atoms with Gasteiger partial charge in [0.1, 0.15) is 11.6 Å². The van der Waals surface area contributed by atoms with Crippen molar-refractivity contribution in [2.45, 2.75) is 45.1 Å². The summed E-state index contributed by atoms with van der Waals surface area (Å²) in [7, 11) is 0. The third kappa shape index (κ3) is 2.34. The number of aromatic nitrogens is 3.